The van der Waals surface area contributed by atoms with Crippen LogP contribution < -0.4 is 10.1 Å². The van der Waals surface area contributed by atoms with Gasteiger partial charge in [0.2, 0.25) is 15.9 Å². The third kappa shape index (κ3) is 5.67. The minimum atomic E-state index is -3.57. The molecule has 0 spiro atoms. The minimum absolute atomic E-state index is 0.0960. The van der Waals surface area contributed by atoms with Crippen molar-refractivity contribution in [2.24, 2.45) is 5.92 Å². The van der Waals surface area contributed by atoms with Crippen LogP contribution in [0.2, 0.25) is 0 Å². The first-order valence-corrected chi connectivity index (χ1v) is 10.3. The number of sulfonamides is 1. The van der Waals surface area contributed by atoms with Gasteiger partial charge in [-0.15, -0.1) is 0 Å². The number of amides is 1. The second kappa shape index (κ2) is 9.70. The van der Waals surface area contributed by atoms with Crippen molar-refractivity contribution in [3.63, 3.8) is 0 Å². The van der Waals surface area contributed by atoms with Gasteiger partial charge >= 0.3 is 5.97 Å². The summed E-state index contributed by atoms with van der Waals surface area (Å²) in [5, 5.41) is 2.80. The second-order valence-electron chi connectivity index (χ2n) is 6.32. The Morgan fingerprint density at radius 1 is 1.15 bits per heavy atom. The molecule has 9 heteroatoms. The Hall–Kier alpha value is -2.13. The molecule has 0 unspecified atom stereocenters. The molecule has 0 aliphatic carbocycles. The van der Waals surface area contributed by atoms with Gasteiger partial charge in [0.25, 0.3) is 0 Å². The van der Waals surface area contributed by atoms with Crippen LogP contribution >= 0.6 is 0 Å². The normalized spacial score (nSPS) is 15.9. The van der Waals surface area contributed by atoms with E-state index in [2.05, 4.69) is 10.1 Å². The first-order valence-electron chi connectivity index (χ1n) is 8.87. The number of nitrogens with one attached hydrogen (secondary N) is 1. The second-order valence-corrected chi connectivity index (χ2v) is 8.26. The fourth-order valence-electron chi connectivity index (χ4n) is 2.95. The number of carbonyl (C=O) groups is 2. The minimum Gasteiger partial charge on any atom is -0.497 e. The summed E-state index contributed by atoms with van der Waals surface area (Å²) in [6.07, 6.45) is 1.72. The number of nitrogens with zero attached hydrogens (tertiary/aromatic N) is 1. The molecule has 1 fully saturated rings. The summed E-state index contributed by atoms with van der Waals surface area (Å²) in [7, 11) is -0.724. The van der Waals surface area contributed by atoms with E-state index in [0.29, 0.717) is 44.6 Å². The highest BCUT2D eigenvalue weighted by atomic mass is 32.2. The largest absolute Gasteiger partial charge is 0.497 e. The average molecular weight is 398 g/mol. The van der Waals surface area contributed by atoms with Crippen LogP contribution in [-0.4, -0.2) is 58.5 Å². The fraction of sp³-hybridized carbons (Fsp3) is 0.556. The van der Waals surface area contributed by atoms with Gasteiger partial charge in [-0.1, -0.05) is 0 Å². The zero-order valence-electron chi connectivity index (χ0n) is 15.6. The molecule has 1 aromatic rings. The van der Waals surface area contributed by atoms with Gasteiger partial charge in [0.05, 0.1) is 19.1 Å². The summed E-state index contributed by atoms with van der Waals surface area (Å²) >= 11 is 0. The number of methoxy groups -OCH3 is 2. The molecule has 1 aliphatic rings. The van der Waals surface area contributed by atoms with Crippen molar-refractivity contribution in [1.82, 2.24) is 9.62 Å². The van der Waals surface area contributed by atoms with E-state index in [4.69, 9.17) is 4.74 Å². The Kier molecular flexibility index (Phi) is 7.61. The summed E-state index contributed by atoms with van der Waals surface area (Å²) in [5.74, 6) is -0.0235. The molecule has 0 radical (unpaired) electrons. The van der Waals surface area contributed by atoms with Crippen molar-refractivity contribution >= 4 is 21.9 Å². The van der Waals surface area contributed by atoms with Crippen LogP contribution in [0.5, 0.6) is 5.75 Å². The molecule has 2 rings (SSSR count). The first-order chi connectivity index (χ1) is 12.9. The number of hydrogen-bond donors (Lipinski definition) is 1. The topological polar surface area (TPSA) is 102 Å². The van der Waals surface area contributed by atoms with Crippen LogP contribution in [0.15, 0.2) is 29.2 Å². The molecule has 0 aromatic heterocycles. The highest BCUT2D eigenvalue weighted by Gasteiger charge is 2.31. The lowest BCUT2D eigenvalue weighted by Crippen LogP contribution is -2.43. The summed E-state index contributed by atoms with van der Waals surface area (Å²) in [6, 6.07) is 6.27. The first kappa shape index (κ1) is 21.2. The Morgan fingerprint density at radius 2 is 1.78 bits per heavy atom. The van der Waals surface area contributed by atoms with E-state index in [1.165, 1.54) is 30.7 Å². The standard InChI is InChI=1S/C18H26N2O6S/c1-25-15-5-7-16(8-6-15)27(23,24)20-12-9-14(10-13-20)18(22)19-11-3-4-17(21)26-2/h5-8,14H,3-4,9-13H2,1-2H3,(H,19,22). The average Bonchev–Trinajstić information content (AvgIpc) is 2.70. The smallest absolute Gasteiger partial charge is 0.305 e. The fourth-order valence-corrected chi connectivity index (χ4v) is 4.42. The van der Waals surface area contributed by atoms with Gasteiger partial charge in [-0.2, -0.15) is 4.31 Å². The van der Waals surface area contributed by atoms with E-state index in [-0.39, 0.29) is 29.1 Å². The van der Waals surface area contributed by atoms with Gasteiger partial charge in [0.1, 0.15) is 5.75 Å². The van der Waals surface area contributed by atoms with E-state index in [0.717, 1.165) is 0 Å². The molecule has 8 nitrogen and oxygen atoms in total. The van der Waals surface area contributed by atoms with Crippen molar-refractivity contribution in [1.29, 1.82) is 0 Å². The van der Waals surface area contributed by atoms with Crippen LogP contribution in [0.3, 0.4) is 0 Å². The Labute approximate surface area is 159 Å². The van der Waals surface area contributed by atoms with Crippen molar-refractivity contribution in [3.8, 4) is 5.75 Å². The van der Waals surface area contributed by atoms with Crippen LogP contribution in [0.25, 0.3) is 0 Å². The molecule has 1 aliphatic heterocycles. The van der Waals surface area contributed by atoms with E-state index in [1.54, 1.807) is 12.1 Å². The monoisotopic (exact) mass is 398 g/mol. The highest BCUT2D eigenvalue weighted by molar-refractivity contribution is 7.89. The summed E-state index contributed by atoms with van der Waals surface area (Å²) in [5.41, 5.74) is 0. The molecule has 1 N–H and O–H groups in total. The third-order valence-corrected chi connectivity index (χ3v) is 6.52. The van der Waals surface area contributed by atoms with Crippen molar-refractivity contribution in [3.05, 3.63) is 24.3 Å². The van der Waals surface area contributed by atoms with E-state index >= 15 is 0 Å². The van der Waals surface area contributed by atoms with Crippen LogP contribution in [0, 0.1) is 5.92 Å². The number of esters is 1. The van der Waals surface area contributed by atoms with Gasteiger partial charge in [-0.05, 0) is 43.5 Å². The zero-order chi connectivity index (χ0) is 19.9. The van der Waals surface area contributed by atoms with Crippen LogP contribution in [0.4, 0.5) is 0 Å². The molecule has 27 heavy (non-hydrogen) atoms. The molecular weight excluding hydrogens is 372 g/mol. The highest BCUT2D eigenvalue weighted by Crippen LogP contribution is 2.25. The Morgan fingerprint density at radius 3 is 2.33 bits per heavy atom. The van der Waals surface area contributed by atoms with Gasteiger partial charge < -0.3 is 14.8 Å². The lowest BCUT2D eigenvalue weighted by Gasteiger charge is -2.30. The molecule has 1 heterocycles. The Bertz CT molecular complexity index is 740. The molecular formula is C18H26N2O6S. The van der Waals surface area contributed by atoms with Crippen molar-refractivity contribution in [2.75, 3.05) is 33.9 Å². The van der Waals surface area contributed by atoms with E-state index < -0.39 is 10.0 Å². The number of benzene rings is 1. The number of ether oxygens (including phenoxy) is 2. The predicted molar refractivity (Wildman–Crippen MR) is 98.7 cm³/mol. The zero-order valence-corrected chi connectivity index (χ0v) is 16.5. The molecule has 1 aromatic carbocycles. The number of hydrogen-bond acceptors (Lipinski definition) is 6. The number of piperidine rings is 1. The summed E-state index contributed by atoms with van der Waals surface area (Å²) in [4.78, 5) is 23.5. The van der Waals surface area contributed by atoms with Gasteiger partial charge in [0, 0.05) is 32.0 Å². The van der Waals surface area contributed by atoms with Gasteiger partial charge in [-0.25, -0.2) is 8.42 Å². The van der Waals surface area contributed by atoms with Crippen molar-refractivity contribution < 1.29 is 27.5 Å². The van der Waals surface area contributed by atoms with Crippen LogP contribution in [-0.2, 0) is 24.3 Å². The van der Waals surface area contributed by atoms with E-state index in [9.17, 15) is 18.0 Å². The number of rotatable bonds is 8. The molecule has 1 amide bonds. The molecule has 150 valence electrons. The molecule has 0 bridgehead atoms. The SMILES string of the molecule is COC(=O)CCCNC(=O)C1CCN(S(=O)(=O)c2ccc(OC)cc2)CC1. The maximum atomic E-state index is 12.7. The third-order valence-electron chi connectivity index (χ3n) is 4.61. The van der Waals surface area contributed by atoms with E-state index in [1.807, 2.05) is 0 Å². The molecule has 0 atom stereocenters. The quantitative estimate of drug-likeness (QED) is 0.521. The lowest BCUT2D eigenvalue weighted by molar-refractivity contribution is -0.140. The van der Waals surface area contributed by atoms with Gasteiger partial charge in [-0.3, -0.25) is 9.59 Å². The molecule has 1 saturated heterocycles. The van der Waals surface area contributed by atoms with Crippen LogP contribution in [0.1, 0.15) is 25.7 Å². The summed E-state index contributed by atoms with van der Waals surface area (Å²) < 4.78 is 36.4. The summed E-state index contributed by atoms with van der Waals surface area (Å²) in [6.45, 7) is 1.00. The Balaban J connectivity index is 1.83. The number of carbonyl (C=O) groups excluding carboxylic acids is 2. The predicted octanol–water partition coefficient (Wildman–Crippen LogP) is 1.17. The maximum Gasteiger partial charge on any atom is 0.305 e. The van der Waals surface area contributed by atoms with Gasteiger partial charge in [0.15, 0.2) is 0 Å². The maximum absolute atomic E-state index is 12.7. The molecule has 0 saturated carbocycles. The van der Waals surface area contributed by atoms with Crippen molar-refractivity contribution in [2.45, 2.75) is 30.6 Å². The lowest BCUT2D eigenvalue weighted by atomic mass is 9.97.